The molecule has 0 saturated heterocycles. The van der Waals surface area contributed by atoms with E-state index in [2.05, 4.69) is 4.98 Å². The van der Waals surface area contributed by atoms with Crippen molar-refractivity contribution in [2.45, 2.75) is 26.7 Å². The van der Waals surface area contributed by atoms with E-state index in [9.17, 15) is 4.79 Å². The molecule has 1 aromatic heterocycles. The molecule has 1 heterocycles. The van der Waals surface area contributed by atoms with E-state index >= 15 is 0 Å². The van der Waals surface area contributed by atoms with Gasteiger partial charge in [0.15, 0.2) is 0 Å². The molecule has 2 aromatic rings. The molecule has 0 N–H and O–H groups in total. The van der Waals surface area contributed by atoms with Crippen molar-refractivity contribution in [2.75, 3.05) is 13.1 Å². The second-order valence-electron chi connectivity index (χ2n) is 5.11. The van der Waals surface area contributed by atoms with Crippen LogP contribution in [0.25, 0.3) is 0 Å². The standard InChI is InChI=1S/C18H22N2O/c1-4-20(5-2)18(21)17(16-8-6-7-13-19-16)15-11-9-14(3)10-12-15/h6-13,17H,4-5H2,1-3H3. The molecule has 1 atom stereocenters. The predicted octanol–water partition coefficient (Wildman–Crippen LogP) is 3.39. The second-order valence-corrected chi connectivity index (χ2v) is 5.11. The van der Waals surface area contributed by atoms with Gasteiger partial charge in [-0.15, -0.1) is 0 Å². The number of hydrogen-bond acceptors (Lipinski definition) is 2. The van der Waals surface area contributed by atoms with E-state index < -0.39 is 0 Å². The Bertz CT molecular complexity index is 574. The topological polar surface area (TPSA) is 33.2 Å². The number of pyridine rings is 1. The van der Waals surface area contributed by atoms with Crippen LogP contribution in [0.5, 0.6) is 0 Å². The van der Waals surface area contributed by atoms with Gasteiger partial charge in [-0.1, -0.05) is 35.9 Å². The number of aryl methyl sites for hydroxylation is 1. The maximum Gasteiger partial charge on any atom is 0.236 e. The molecule has 110 valence electrons. The Balaban J connectivity index is 2.44. The van der Waals surface area contributed by atoms with E-state index in [4.69, 9.17) is 0 Å². The number of hydrogen-bond donors (Lipinski definition) is 0. The van der Waals surface area contributed by atoms with Crippen molar-refractivity contribution in [3.05, 3.63) is 65.5 Å². The van der Waals surface area contributed by atoms with Crippen LogP contribution in [0.2, 0.25) is 0 Å². The third-order valence-corrected chi connectivity index (χ3v) is 3.72. The summed E-state index contributed by atoms with van der Waals surface area (Å²) in [6, 6.07) is 13.9. The van der Waals surface area contributed by atoms with Crippen LogP contribution >= 0.6 is 0 Å². The molecule has 0 aliphatic rings. The van der Waals surface area contributed by atoms with Crippen LogP contribution in [0.15, 0.2) is 48.7 Å². The molecule has 3 nitrogen and oxygen atoms in total. The van der Waals surface area contributed by atoms with Gasteiger partial charge >= 0.3 is 0 Å². The van der Waals surface area contributed by atoms with Gasteiger partial charge in [0.25, 0.3) is 0 Å². The number of benzene rings is 1. The zero-order valence-corrected chi connectivity index (χ0v) is 12.9. The lowest BCUT2D eigenvalue weighted by molar-refractivity contribution is -0.131. The van der Waals surface area contributed by atoms with Crippen molar-refractivity contribution >= 4 is 5.91 Å². The highest BCUT2D eigenvalue weighted by Gasteiger charge is 2.27. The highest BCUT2D eigenvalue weighted by Crippen LogP contribution is 2.25. The van der Waals surface area contributed by atoms with Gasteiger partial charge < -0.3 is 4.90 Å². The lowest BCUT2D eigenvalue weighted by Crippen LogP contribution is -2.35. The first kappa shape index (κ1) is 15.2. The Hall–Kier alpha value is -2.16. The Kier molecular flexibility index (Phi) is 5.09. The monoisotopic (exact) mass is 282 g/mol. The Labute approximate surface area is 126 Å². The minimum Gasteiger partial charge on any atom is -0.342 e. The zero-order chi connectivity index (χ0) is 15.2. The summed E-state index contributed by atoms with van der Waals surface area (Å²) in [6.07, 6.45) is 1.74. The van der Waals surface area contributed by atoms with Crippen molar-refractivity contribution in [3.63, 3.8) is 0 Å². The number of carbonyl (C=O) groups is 1. The fraction of sp³-hybridized carbons (Fsp3) is 0.333. The van der Waals surface area contributed by atoms with E-state index in [0.717, 1.165) is 11.3 Å². The number of amides is 1. The van der Waals surface area contributed by atoms with Crippen LogP contribution in [0.3, 0.4) is 0 Å². The van der Waals surface area contributed by atoms with Crippen LogP contribution < -0.4 is 0 Å². The summed E-state index contributed by atoms with van der Waals surface area (Å²) in [7, 11) is 0. The first-order chi connectivity index (χ1) is 10.2. The van der Waals surface area contributed by atoms with E-state index in [-0.39, 0.29) is 11.8 Å². The summed E-state index contributed by atoms with van der Waals surface area (Å²) < 4.78 is 0. The van der Waals surface area contributed by atoms with E-state index in [1.807, 2.05) is 68.1 Å². The summed E-state index contributed by atoms with van der Waals surface area (Å²) in [4.78, 5) is 19.1. The third kappa shape index (κ3) is 3.48. The van der Waals surface area contributed by atoms with Gasteiger partial charge in [-0.3, -0.25) is 9.78 Å². The van der Waals surface area contributed by atoms with Crippen LogP contribution in [0.1, 0.15) is 36.6 Å². The van der Waals surface area contributed by atoms with Gasteiger partial charge in [0.05, 0.1) is 5.69 Å². The van der Waals surface area contributed by atoms with Gasteiger partial charge in [-0.05, 0) is 38.5 Å². The maximum atomic E-state index is 12.9. The van der Waals surface area contributed by atoms with Crippen LogP contribution in [0.4, 0.5) is 0 Å². The summed E-state index contributed by atoms with van der Waals surface area (Å²) in [6.45, 7) is 7.48. The lowest BCUT2D eigenvalue weighted by atomic mass is 9.93. The molecule has 0 bridgehead atoms. The van der Waals surface area contributed by atoms with Crippen molar-refractivity contribution in [1.29, 1.82) is 0 Å². The van der Waals surface area contributed by atoms with Gasteiger partial charge in [0.1, 0.15) is 5.92 Å². The molecule has 1 aromatic carbocycles. The molecule has 0 radical (unpaired) electrons. The fourth-order valence-corrected chi connectivity index (χ4v) is 2.46. The maximum absolute atomic E-state index is 12.9. The normalized spacial score (nSPS) is 12.0. The van der Waals surface area contributed by atoms with E-state index in [1.54, 1.807) is 6.20 Å². The molecule has 0 saturated carbocycles. The number of rotatable bonds is 5. The highest BCUT2D eigenvalue weighted by molar-refractivity contribution is 5.86. The summed E-state index contributed by atoms with van der Waals surface area (Å²) in [5, 5.41) is 0. The molecule has 0 aliphatic carbocycles. The SMILES string of the molecule is CCN(CC)C(=O)C(c1ccc(C)cc1)c1ccccn1. The minimum absolute atomic E-state index is 0.113. The predicted molar refractivity (Wildman–Crippen MR) is 85.2 cm³/mol. The summed E-state index contributed by atoms with van der Waals surface area (Å²) >= 11 is 0. The molecule has 2 rings (SSSR count). The van der Waals surface area contributed by atoms with Gasteiger partial charge in [0, 0.05) is 19.3 Å². The Morgan fingerprint density at radius 1 is 1.10 bits per heavy atom. The average Bonchev–Trinajstić information content (AvgIpc) is 2.52. The van der Waals surface area contributed by atoms with Crippen LogP contribution in [-0.2, 0) is 4.79 Å². The Morgan fingerprint density at radius 3 is 2.29 bits per heavy atom. The van der Waals surface area contributed by atoms with Crippen LogP contribution in [-0.4, -0.2) is 28.9 Å². The average molecular weight is 282 g/mol. The second kappa shape index (κ2) is 7.02. The number of likely N-dealkylation sites (N-methyl/N-ethyl adjacent to an activating group) is 1. The molecular weight excluding hydrogens is 260 g/mol. The molecule has 1 unspecified atom stereocenters. The lowest BCUT2D eigenvalue weighted by Gasteiger charge is -2.25. The quantitative estimate of drug-likeness (QED) is 0.842. The van der Waals surface area contributed by atoms with Gasteiger partial charge in [-0.2, -0.15) is 0 Å². The number of carbonyl (C=O) groups excluding carboxylic acids is 1. The summed E-state index contributed by atoms with van der Waals surface area (Å²) in [5.41, 5.74) is 2.99. The molecule has 0 spiro atoms. The first-order valence-electron chi connectivity index (χ1n) is 7.43. The van der Waals surface area contributed by atoms with Crippen molar-refractivity contribution in [2.24, 2.45) is 0 Å². The van der Waals surface area contributed by atoms with Crippen LogP contribution in [0, 0.1) is 6.92 Å². The first-order valence-corrected chi connectivity index (χ1v) is 7.43. The van der Waals surface area contributed by atoms with Gasteiger partial charge in [0.2, 0.25) is 5.91 Å². The van der Waals surface area contributed by atoms with Crippen molar-refractivity contribution in [1.82, 2.24) is 9.88 Å². The molecule has 0 fully saturated rings. The smallest absolute Gasteiger partial charge is 0.236 e. The van der Waals surface area contributed by atoms with Gasteiger partial charge in [-0.25, -0.2) is 0 Å². The minimum atomic E-state index is -0.327. The molecule has 0 aliphatic heterocycles. The molecule has 21 heavy (non-hydrogen) atoms. The third-order valence-electron chi connectivity index (χ3n) is 3.72. The number of nitrogens with zero attached hydrogens (tertiary/aromatic N) is 2. The summed E-state index contributed by atoms with van der Waals surface area (Å²) in [5.74, 6) is -0.214. The fourth-order valence-electron chi connectivity index (χ4n) is 2.46. The molecule has 3 heteroatoms. The van der Waals surface area contributed by atoms with E-state index in [1.165, 1.54) is 5.56 Å². The van der Waals surface area contributed by atoms with Crippen molar-refractivity contribution < 1.29 is 4.79 Å². The number of aromatic nitrogens is 1. The molecular formula is C18H22N2O. The van der Waals surface area contributed by atoms with Crippen molar-refractivity contribution in [3.8, 4) is 0 Å². The largest absolute Gasteiger partial charge is 0.342 e. The van der Waals surface area contributed by atoms with E-state index in [0.29, 0.717) is 13.1 Å². The highest BCUT2D eigenvalue weighted by atomic mass is 16.2. The molecule has 1 amide bonds. The zero-order valence-electron chi connectivity index (χ0n) is 12.9. The Morgan fingerprint density at radius 2 is 1.76 bits per heavy atom.